The Balaban J connectivity index is 1.27. The van der Waals surface area contributed by atoms with Crippen molar-refractivity contribution in [1.82, 2.24) is 4.31 Å². The fourth-order valence-corrected chi connectivity index (χ4v) is 6.33. The fourth-order valence-electron chi connectivity index (χ4n) is 4.61. The van der Waals surface area contributed by atoms with Gasteiger partial charge in [0.2, 0.25) is 10.0 Å². The molecule has 1 amide bonds. The number of nitrogens with one attached hydrogen (secondary N) is 1. The van der Waals surface area contributed by atoms with Crippen LogP contribution in [-0.4, -0.2) is 44.8 Å². The molecular formula is C31H30ClN3O4S. The molecule has 0 atom stereocenters. The van der Waals surface area contributed by atoms with Crippen LogP contribution in [0.5, 0.6) is 5.75 Å². The lowest BCUT2D eigenvalue weighted by Gasteiger charge is -2.36. The molecule has 1 aliphatic heterocycles. The van der Waals surface area contributed by atoms with Crippen LogP contribution < -0.4 is 15.0 Å². The maximum Gasteiger partial charge on any atom is 0.255 e. The summed E-state index contributed by atoms with van der Waals surface area (Å²) in [6, 6.07) is 29.1. The Morgan fingerprint density at radius 3 is 2.30 bits per heavy atom. The minimum Gasteiger partial charge on any atom is -0.489 e. The van der Waals surface area contributed by atoms with Crippen LogP contribution in [-0.2, 0) is 16.6 Å². The normalized spacial score (nSPS) is 14.1. The number of aryl methyl sites for hydroxylation is 1. The summed E-state index contributed by atoms with van der Waals surface area (Å²) in [5.74, 6) is 0.294. The highest BCUT2D eigenvalue weighted by atomic mass is 35.5. The first-order chi connectivity index (χ1) is 19.3. The number of anilines is 2. The molecule has 0 saturated carbocycles. The van der Waals surface area contributed by atoms with E-state index >= 15 is 0 Å². The average Bonchev–Trinajstić information content (AvgIpc) is 2.97. The summed E-state index contributed by atoms with van der Waals surface area (Å²) in [7, 11) is -3.59. The van der Waals surface area contributed by atoms with Gasteiger partial charge in [-0.3, -0.25) is 4.79 Å². The molecule has 40 heavy (non-hydrogen) atoms. The molecule has 1 fully saturated rings. The summed E-state index contributed by atoms with van der Waals surface area (Å²) in [6.07, 6.45) is 0. The van der Waals surface area contributed by atoms with E-state index in [0.717, 1.165) is 11.1 Å². The van der Waals surface area contributed by atoms with Crippen molar-refractivity contribution in [3.63, 3.8) is 0 Å². The van der Waals surface area contributed by atoms with Gasteiger partial charge in [-0.25, -0.2) is 8.42 Å². The third-order valence-corrected chi connectivity index (χ3v) is 9.01. The Hall–Kier alpha value is -3.85. The Kier molecular flexibility index (Phi) is 8.40. The van der Waals surface area contributed by atoms with Crippen molar-refractivity contribution in [3.8, 4) is 5.75 Å². The lowest BCUT2D eigenvalue weighted by molar-refractivity contribution is 0.102. The van der Waals surface area contributed by atoms with Crippen molar-refractivity contribution in [1.29, 1.82) is 0 Å². The number of ether oxygens (including phenoxy) is 1. The van der Waals surface area contributed by atoms with Crippen molar-refractivity contribution < 1.29 is 17.9 Å². The van der Waals surface area contributed by atoms with Gasteiger partial charge in [-0.2, -0.15) is 4.31 Å². The number of sulfonamides is 1. The number of carbonyl (C=O) groups is 1. The highest BCUT2D eigenvalue weighted by Crippen LogP contribution is 2.35. The predicted octanol–water partition coefficient (Wildman–Crippen LogP) is 5.99. The third kappa shape index (κ3) is 6.31. The number of hydrogen-bond acceptors (Lipinski definition) is 5. The minimum atomic E-state index is -3.59. The molecule has 1 aliphatic rings. The molecule has 5 rings (SSSR count). The molecule has 0 aliphatic carbocycles. The summed E-state index contributed by atoms with van der Waals surface area (Å²) in [5.41, 5.74) is 3.71. The zero-order chi connectivity index (χ0) is 28.1. The second-order valence-electron chi connectivity index (χ2n) is 9.60. The van der Waals surface area contributed by atoms with E-state index in [1.807, 2.05) is 48.2 Å². The summed E-state index contributed by atoms with van der Waals surface area (Å²) in [5, 5.41) is 3.47. The lowest BCUT2D eigenvalue weighted by atomic mass is 10.1. The number of para-hydroxylation sites is 1. The van der Waals surface area contributed by atoms with Crippen LogP contribution in [0, 0.1) is 6.92 Å². The SMILES string of the molecule is Cc1ccc(S(=O)(=O)N2CCN(c3c(Cl)cccc3NC(=O)c3cccc(OCc4ccccc4)c3)CC2)cc1. The van der Waals surface area contributed by atoms with Gasteiger partial charge in [0.15, 0.2) is 0 Å². The minimum absolute atomic E-state index is 0.284. The number of benzene rings is 4. The summed E-state index contributed by atoms with van der Waals surface area (Å²) in [6.45, 7) is 3.79. The zero-order valence-electron chi connectivity index (χ0n) is 22.1. The van der Waals surface area contributed by atoms with Crippen LogP contribution in [0.25, 0.3) is 0 Å². The van der Waals surface area contributed by atoms with E-state index in [0.29, 0.717) is 60.5 Å². The van der Waals surface area contributed by atoms with Crippen molar-refractivity contribution >= 4 is 38.9 Å². The van der Waals surface area contributed by atoms with Gasteiger partial charge < -0.3 is 15.0 Å². The number of halogens is 1. The standard InChI is InChI=1S/C31H30ClN3O4S/c1-23-13-15-27(16-14-23)40(37,38)35-19-17-34(18-20-35)30-28(32)11-6-12-29(30)33-31(36)25-9-5-10-26(21-25)39-22-24-7-3-2-4-8-24/h2-16,21H,17-20,22H2,1H3,(H,33,36). The number of nitrogens with zero attached hydrogens (tertiary/aromatic N) is 2. The van der Waals surface area contributed by atoms with Crippen molar-refractivity contribution in [2.75, 3.05) is 36.4 Å². The molecule has 206 valence electrons. The first-order valence-corrected chi connectivity index (χ1v) is 14.8. The van der Waals surface area contributed by atoms with Crippen LogP contribution in [0.2, 0.25) is 5.02 Å². The molecule has 0 spiro atoms. The fraction of sp³-hybridized carbons (Fsp3) is 0.194. The van der Waals surface area contributed by atoms with Gasteiger partial charge in [0.1, 0.15) is 12.4 Å². The summed E-state index contributed by atoms with van der Waals surface area (Å²) < 4.78 is 33.7. The van der Waals surface area contributed by atoms with Crippen LogP contribution in [0.15, 0.2) is 102 Å². The second-order valence-corrected chi connectivity index (χ2v) is 11.9. The van der Waals surface area contributed by atoms with E-state index in [1.165, 1.54) is 4.31 Å². The maximum absolute atomic E-state index is 13.2. The Bertz CT molecular complexity index is 1590. The summed E-state index contributed by atoms with van der Waals surface area (Å²) in [4.78, 5) is 15.5. The quantitative estimate of drug-likeness (QED) is 0.279. The van der Waals surface area contributed by atoms with Crippen molar-refractivity contribution in [2.24, 2.45) is 0 Å². The number of amides is 1. The first-order valence-electron chi connectivity index (χ1n) is 13.0. The van der Waals surface area contributed by atoms with E-state index in [1.54, 1.807) is 60.7 Å². The third-order valence-electron chi connectivity index (χ3n) is 6.79. The Morgan fingerprint density at radius 2 is 1.57 bits per heavy atom. The number of carbonyl (C=O) groups excluding carboxylic acids is 1. The van der Waals surface area contributed by atoms with Gasteiger partial charge in [0, 0.05) is 31.7 Å². The van der Waals surface area contributed by atoms with Crippen molar-refractivity contribution in [3.05, 3.63) is 119 Å². The van der Waals surface area contributed by atoms with E-state index in [9.17, 15) is 13.2 Å². The number of piperazine rings is 1. The van der Waals surface area contributed by atoms with E-state index in [2.05, 4.69) is 5.32 Å². The predicted molar refractivity (Wildman–Crippen MR) is 159 cm³/mol. The number of hydrogen-bond donors (Lipinski definition) is 1. The van der Waals surface area contributed by atoms with Crippen molar-refractivity contribution in [2.45, 2.75) is 18.4 Å². The molecule has 4 aromatic rings. The average molecular weight is 576 g/mol. The number of rotatable bonds is 8. The van der Waals surface area contributed by atoms with Gasteiger partial charge >= 0.3 is 0 Å². The van der Waals surface area contributed by atoms with E-state index < -0.39 is 10.0 Å². The Labute approximate surface area is 240 Å². The van der Waals surface area contributed by atoms with E-state index in [-0.39, 0.29) is 10.8 Å². The largest absolute Gasteiger partial charge is 0.489 e. The highest BCUT2D eigenvalue weighted by Gasteiger charge is 2.30. The molecule has 1 saturated heterocycles. The Morgan fingerprint density at radius 1 is 0.875 bits per heavy atom. The van der Waals surface area contributed by atoms with Crippen LogP contribution in [0.3, 0.4) is 0 Å². The lowest BCUT2D eigenvalue weighted by Crippen LogP contribution is -2.49. The first kappa shape index (κ1) is 27.7. The second kappa shape index (κ2) is 12.1. The molecule has 7 nitrogen and oxygen atoms in total. The molecule has 0 unspecified atom stereocenters. The summed E-state index contributed by atoms with van der Waals surface area (Å²) >= 11 is 6.61. The van der Waals surface area contributed by atoms with Gasteiger partial charge in [0.05, 0.1) is 21.3 Å². The molecule has 0 bridgehead atoms. The topological polar surface area (TPSA) is 79.0 Å². The molecule has 9 heteroatoms. The molecular weight excluding hydrogens is 546 g/mol. The van der Waals surface area contributed by atoms with Gasteiger partial charge in [-0.05, 0) is 55.0 Å². The van der Waals surface area contributed by atoms with E-state index in [4.69, 9.17) is 16.3 Å². The van der Waals surface area contributed by atoms with Crippen LogP contribution >= 0.6 is 11.6 Å². The van der Waals surface area contributed by atoms with Gasteiger partial charge in [-0.1, -0.05) is 71.8 Å². The monoisotopic (exact) mass is 575 g/mol. The van der Waals surface area contributed by atoms with Crippen LogP contribution in [0.1, 0.15) is 21.5 Å². The van der Waals surface area contributed by atoms with Gasteiger partial charge in [0.25, 0.3) is 5.91 Å². The molecule has 1 N–H and O–H groups in total. The smallest absolute Gasteiger partial charge is 0.255 e. The van der Waals surface area contributed by atoms with Crippen LogP contribution in [0.4, 0.5) is 11.4 Å². The maximum atomic E-state index is 13.2. The molecule has 1 heterocycles. The zero-order valence-corrected chi connectivity index (χ0v) is 23.7. The molecule has 4 aromatic carbocycles. The molecule has 0 aromatic heterocycles. The molecule has 0 radical (unpaired) electrons. The van der Waals surface area contributed by atoms with Gasteiger partial charge in [-0.15, -0.1) is 0 Å². The highest BCUT2D eigenvalue weighted by molar-refractivity contribution is 7.89.